The molecule has 28 heavy (non-hydrogen) atoms. The monoisotopic (exact) mass is 398 g/mol. The number of ketones is 1. The number of furan rings is 1. The van der Waals surface area contributed by atoms with Crippen molar-refractivity contribution in [1.29, 1.82) is 0 Å². The number of Topliss-reactive ketones (excluding diaryl/α,β-unsaturated/α-hetero) is 1. The number of hydrogen-bond donors (Lipinski definition) is 2. The Balaban J connectivity index is 1.87. The number of hydrogen-bond acceptors (Lipinski definition) is 7. The van der Waals surface area contributed by atoms with Gasteiger partial charge in [-0.2, -0.15) is 8.75 Å². The zero-order valence-corrected chi connectivity index (χ0v) is 16.1. The highest BCUT2D eigenvalue weighted by molar-refractivity contribution is 6.99. The lowest BCUT2D eigenvalue weighted by atomic mass is 10.0. The molecule has 8 nitrogen and oxygen atoms in total. The molecule has 0 radical (unpaired) electrons. The van der Waals surface area contributed by atoms with Gasteiger partial charge in [0, 0.05) is 12.0 Å². The van der Waals surface area contributed by atoms with Crippen molar-refractivity contribution in [2.45, 2.75) is 26.3 Å². The van der Waals surface area contributed by atoms with Crippen LogP contribution in [0.4, 0.5) is 0 Å². The van der Waals surface area contributed by atoms with Gasteiger partial charge in [0.15, 0.2) is 5.69 Å². The van der Waals surface area contributed by atoms with Gasteiger partial charge in [0.2, 0.25) is 5.78 Å². The summed E-state index contributed by atoms with van der Waals surface area (Å²) >= 11 is 0.874. The van der Waals surface area contributed by atoms with Gasteiger partial charge in [-0.3, -0.25) is 14.4 Å². The van der Waals surface area contributed by atoms with Gasteiger partial charge in [-0.1, -0.05) is 30.3 Å². The van der Waals surface area contributed by atoms with E-state index in [0.29, 0.717) is 22.8 Å². The third kappa shape index (κ3) is 4.15. The van der Waals surface area contributed by atoms with Crippen molar-refractivity contribution in [1.82, 2.24) is 14.1 Å². The fourth-order valence-corrected chi connectivity index (χ4v) is 3.40. The molecule has 0 saturated heterocycles. The molecule has 3 N–H and O–H groups in total. The minimum absolute atomic E-state index is 0.0595. The maximum atomic E-state index is 12.8. The Hall–Kier alpha value is -3.33. The summed E-state index contributed by atoms with van der Waals surface area (Å²) in [7, 11) is 0. The van der Waals surface area contributed by atoms with Crippen molar-refractivity contribution in [2.75, 3.05) is 0 Å². The minimum atomic E-state index is -1.11. The van der Waals surface area contributed by atoms with Crippen LogP contribution in [0.3, 0.4) is 0 Å². The summed E-state index contributed by atoms with van der Waals surface area (Å²) in [6.45, 7) is 3.55. The summed E-state index contributed by atoms with van der Waals surface area (Å²) in [6, 6.07) is 9.68. The number of aromatic nitrogens is 2. The van der Waals surface area contributed by atoms with E-state index in [9.17, 15) is 14.4 Å². The Morgan fingerprint density at radius 3 is 2.50 bits per heavy atom. The highest BCUT2D eigenvalue weighted by atomic mass is 32.1. The van der Waals surface area contributed by atoms with Crippen molar-refractivity contribution >= 4 is 29.3 Å². The van der Waals surface area contributed by atoms with Crippen LogP contribution in [0.25, 0.3) is 11.3 Å². The van der Waals surface area contributed by atoms with Crippen LogP contribution in [0.15, 0.2) is 40.8 Å². The fourth-order valence-electron chi connectivity index (χ4n) is 2.84. The predicted octanol–water partition coefficient (Wildman–Crippen LogP) is 1.81. The number of rotatable bonds is 7. The number of carbonyl (C=O) groups excluding carboxylic acids is 3. The topological polar surface area (TPSA) is 128 Å². The van der Waals surface area contributed by atoms with Gasteiger partial charge in [-0.25, -0.2) is 0 Å². The largest absolute Gasteiger partial charge is 0.466 e. The van der Waals surface area contributed by atoms with Gasteiger partial charge in [0.25, 0.3) is 11.8 Å². The van der Waals surface area contributed by atoms with Crippen molar-refractivity contribution in [2.24, 2.45) is 5.73 Å². The van der Waals surface area contributed by atoms with E-state index in [2.05, 4.69) is 14.1 Å². The lowest BCUT2D eigenvalue weighted by Gasteiger charge is -2.16. The van der Waals surface area contributed by atoms with Gasteiger partial charge < -0.3 is 15.5 Å². The number of nitrogens with zero attached hydrogens (tertiary/aromatic N) is 2. The predicted molar refractivity (Wildman–Crippen MR) is 103 cm³/mol. The molecule has 0 aliphatic rings. The quantitative estimate of drug-likeness (QED) is 0.584. The van der Waals surface area contributed by atoms with E-state index in [-0.39, 0.29) is 12.1 Å². The fraction of sp³-hybridized carbons (Fsp3) is 0.211. The number of primary amides is 1. The molecule has 1 unspecified atom stereocenters. The second-order valence-corrected chi connectivity index (χ2v) is 6.76. The van der Waals surface area contributed by atoms with E-state index in [1.807, 2.05) is 6.07 Å². The number of benzene rings is 1. The van der Waals surface area contributed by atoms with E-state index < -0.39 is 23.6 Å². The number of aryl methyl sites for hydroxylation is 2. The summed E-state index contributed by atoms with van der Waals surface area (Å²) in [6.07, 6.45) is 0.130. The molecule has 2 aromatic heterocycles. The minimum Gasteiger partial charge on any atom is -0.466 e. The second kappa shape index (κ2) is 8.13. The summed E-state index contributed by atoms with van der Waals surface area (Å²) in [4.78, 5) is 36.4. The van der Waals surface area contributed by atoms with E-state index in [4.69, 9.17) is 10.2 Å². The first kappa shape index (κ1) is 19.4. The molecule has 0 saturated carbocycles. The van der Waals surface area contributed by atoms with E-state index in [1.165, 1.54) is 0 Å². The van der Waals surface area contributed by atoms with Gasteiger partial charge in [-0.05, 0) is 25.5 Å². The van der Waals surface area contributed by atoms with E-state index in [0.717, 1.165) is 17.3 Å². The number of nitrogens with one attached hydrogen (secondary N) is 1. The smallest absolute Gasteiger partial charge is 0.287 e. The molecule has 2 amide bonds. The highest BCUT2D eigenvalue weighted by Gasteiger charge is 2.29. The molecular formula is C19H18N4O4S. The van der Waals surface area contributed by atoms with Crippen LogP contribution >= 0.6 is 11.7 Å². The zero-order valence-electron chi connectivity index (χ0n) is 15.3. The Morgan fingerprint density at radius 1 is 1.18 bits per heavy atom. The molecule has 1 aromatic carbocycles. The van der Waals surface area contributed by atoms with E-state index >= 15 is 0 Å². The van der Waals surface area contributed by atoms with Crippen LogP contribution in [-0.4, -0.2) is 32.4 Å². The average molecular weight is 398 g/mol. The maximum Gasteiger partial charge on any atom is 0.287 e. The van der Waals surface area contributed by atoms with Gasteiger partial charge >= 0.3 is 0 Å². The Kier molecular flexibility index (Phi) is 5.65. The number of amides is 2. The van der Waals surface area contributed by atoms with Crippen LogP contribution in [-0.2, 0) is 16.0 Å². The summed E-state index contributed by atoms with van der Waals surface area (Å²) in [5, 5.41) is 2.57. The zero-order chi connectivity index (χ0) is 20.3. The molecule has 0 spiro atoms. The van der Waals surface area contributed by atoms with Crippen molar-refractivity contribution < 1.29 is 18.8 Å². The Bertz CT molecular complexity index is 1030. The van der Waals surface area contributed by atoms with Crippen LogP contribution in [0.1, 0.15) is 27.6 Å². The van der Waals surface area contributed by atoms with Gasteiger partial charge in [0.05, 0.1) is 11.7 Å². The summed E-state index contributed by atoms with van der Waals surface area (Å²) in [5.74, 6) is -1.32. The normalized spacial score (nSPS) is 11.8. The molecule has 2 heterocycles. The Labute approximate surface area is 165 Å². The molecule has 3 rings (SSSR count). The second-order valence-electron chi connectivity index (χ2n) is 6.23. The van der Waals surface area contributed by atoms with Crippen molar-refractivity contribution in [3.63, 3.8) is 0 Å². The van der Waals surface area contributed by atoms with Gasteiger partial charge in [0.1, 0.15) is 23.3 Å². The molecular weight excluding hydrogens is 380 g/mol. The molecule has 144 valence electrons. The lowest BCUT2D eigenvalue weighted by molar-refractivity contribution is -0.137. The van der Waals surface area contributed by atoms with Crippen LogP contribution < -0.4 is 11.1 Å². The van der Waals surface area contributed by atoms with Crippen molar-refractivity contribution in [3.8, 4) is 11.3 Å². The van der Waals surface area contributed by atoms with Gasteiger partial charge in [-0.15, -0.1) is 0 Å². The SMILES string of the molecule is Cc1cc(-c2nsnc2C(=O)NC(Cc2ccccc2)C(=O)C(N)=O)c(C)o1. The lowest BCUT2D eigenvalue weighted by Crippen LogP contribution is -2.47. The number of carbonyl (C=O) groups is 3. The van der Waals surface area contributed by atoms with Crippen LogP contribution in [0, 0.1) is 13.8 Å². The third-order valence-electron chi connectivity index (χ3n) is 4.15. The molecule has 0 bridgehead atoms. The summed E-state index contributed by atoms with van der Waals surface area (Å²) in [5.41, 5.74) is 7.00. The standard InChI is InChI=1S/C19H18N4O4S/c1-10-8-13(11(2)27-10)15-16(23-28-22-15)19(26)21-14(17(24)18(20)25)9-12-6-4-3-5-7-12/h3-8,14H,9H2,1-2H3,(H2,20,25)(H,21,26). The van der Waals surface area contributed by atoms with E-state index in [1.54, 1.807) is 44.2 Å². The molecule has 9 heteroatoms. The molecule has 0 aliphatic heterocycles. The molecule has 0 fully saturated rings. The first-order valence-corrected chi connectivity index (χ1v) is 9.18. The first-order chi connectivity index (χ1) is 13.4. The first-order valence-electron chi connectivity index (χ1n) is 8.45. The average Bonchev–Trinajstić information content (AvgIpc) is 3.27. The number of nitrogens with two attached hydrogens (primary N) is 1. The third-order valence-corrected chi connectivity index (χ3v) is 4.68. The Morgan fingerprint density at radius 2 is 1.89 bits per heavy atom. The molecule has 0 aliphatic carbocycles. The highest BCUT2D eigenvalue weighted by Crippen LogP contribution is 2.28. The molecule has 3 aromatic rings. The summed E-state index contributed by atoms with van der Waals surface area (Å²) < 4.78 is 13.7. The van der Waals surface area contributed by atoms with Crippen LogP contribution in [0.5, 0.6) is 0 Å². The van der Waals surface area contributed by atoms with Crippen molar-refractivity contribution in [3.05, 3.63) is 59.2 Å². The maximum absolute atomic E-state index is 12.8. The van der Waals surface area contributed by atoms with Crippen LogP contribution in [0.2, 0.25) is 0 Å². The molecule has 1 atom stereocenters.